The minimum atomic E-state index is -0.0181. The normalized spacial score (nSPS) is 10.6. The van der Waals surface area contributed by atoms with Crippen LogP contribution in [-0.2, 0) is 17.8 Å². The molecule has 2 aromatic carbocycles. The Morgan fingerprint density at radius 3 is 2.61 bits per heavy atom. The van der Waals surface area contributed by atoms with Crippen molar-refractivity contribution in [3.05, 3.63) is 69.2 Å². The van der Waals surface area contributed by atoms with Crippen molar-refractivity contribution in [1.29, 1.82) is 0 Å². The lowest BCUT2D eigenvalue weighted by Crippen LogP contribution is -2.34. The van der Waals surface area contributed by atoms with E-state index in [-0.39, 0.29) is 12.5 Å². The standard InChI is InChI=1S/C18H20Cl2N2O/c1-13-4-2-3-5-15(13)11-22-18(23)12-21-9-8-14-6-7-16(19)10-17(14)20/h2-7,10,21H,8-9,11-12H2,1H3,(H,22,23). The van der Waals surface area contributed by atoms with Gasteiger partial charge in [0.25, 0.3) is 0 Å². The summed E-state index contributed by atoms with van der Waals surface area (Å²) in [6, 6.07) is 13.5. The highest BCUT2D eigenvalue weighted by Crippen LogP contribution is 2.20. The molecule has 1 amide bonds. The van der Waals surface area contributed by atoms with Crippen molar-refractivity contribution >= 4 is 29.1 Å². The molecule has 23 heavy (non-hydrogen) atoms. The van der Waals surface area contributed by atoms with E-state index in [4.69, 9.17) is 23.2 Å². The van der Waals surface area contributed by atoms with Gasteiger partial charge in [0.05, 0.1) is 6.54 Å². The lowest BCUT2D eigenvalue weighted by Gasteiger charge is -2.09. The highest BCUT2D eigenvalue weighted by Gasteiger charge is 2.04. The summed E-state index contributed by atoms with van der Waals surface area (Å²) in [5.41, 5.74) is 3.33. The molecule has 0 aromatic heterocycles. The first-order valence-electron chi connectivity index (χ1n) is 7.52. The predicted octanol–water partition coefficient (Wildman–Crippen LogP) is 3.75. The molecular formula is C18H20Cl2N2O. The molecule has 2 aromatic rings. The van der Waals surface area contributed by atoms with E-state index < -0.39 is 0 Å². The quantitative estimate of drug-likeness (QED) is 0.746. The molecule has 122 valence electrons. The van der Waals surface area contributed by atoms with Gasteiger partial charge in [-0.3, -0.25) is 4.79 Å². The third-order valence-electron chi connectivity index (χ3n) is 3.61. The third kappa shape index (κ3) is 5.87. The molecule has 0 bridgehead atoms. The molecule has 5 heteroatoms. The Morgan fingerprint density at radius 2 is 1.87 bits per heavy atom. The van der Waals surface area contributed by atoms with Crippen LogP contribution in [0.4, 0.5) is 0 Å². The lowest BCUT2D eigenvalue weighted by molar-refractivity contribution is -0.120. The van der Waals surface area contributed by atoms with Gasteiger partial charge < -0.3 is 10.6 Å². The van der Waals surface area contributed by atoms with Crippen LogP contribution in [0.2, 0.25) is 10.0 Å². The summed E-state index contributed by atoms with van der Waals surface area (Å²) in [7, 11) is 0. The minimum absolute atomic E-state index is 0.0181. The SMILES string of the molecule is Cc1ccccc1CNC(=O)CNCCc1ccc(Cl)cc1Cl. The number of hydrogen-bond acceptors (Lipinski definition) is 2. The van der Waals surface area contributed by atoms with E-state index in [0.29, 0.717) is 23.1 Å². The fourth-order valence-electron chi connectivity index (χ4n) is 2.21. The Bertz CT molecular complexity index is 674. The number of hydrogen-bond donors (Lipinski definition) is 2. The number of carbonyl (C=O) groups excluding carboxylic acids is 1. The molecule has 0 radical (unpaired) electrons. The number of aryl methyl sites for hydroxylation is 1. The predicted molar refractivity (Wildman–Crippen MR) is 96.1 cm³/mol. The van der Waals surface area contributed by atoms with Gasteiger partial charge in [0, 0.05) is 16.6 Å². The van der Waals surface area contributed by atoms with Gasteiger partial charge in [0.2, 0.25) is 5.91 Å². The van der Waals surface area contributed by atoms with Gasteiger partial charge in [-0.05, 0) is 48.7 Å². The summed E-state index contributed by atoms with van der Waals surface area (Å²) >= 11 is 12.0. The van der Waals surface area contributed by atoms with Gasteiger partial charge >= 0.3 is 0 Å². The molecule has 0 saturated heterocycles. The van der Waals surface area contributed by atoms with E-state index in [1.54, 1.807) is 6.07 Å². The summed E-state index contributed by atoms with van der Waals surface area (Å²) in [5, 5.41) is 7.32. The number of rotatable bonds is 7. The van der Waals surface area contributed by atoms with E-state index in [9.17, 15) is 4.79 Å². The molecule has 0 spiro atoms. The lowest BCUT2D eigenvalue weighted by atomic mass is 10.1. The van der Waals surface area contributed by atoms with Crippen molar-refractivity contribution in [3.8, 4) is 0 Å². The van der Waals surface area contributed by atoms with Crippen LogP contribution in [0.15, 0.2) is 42.5 Å². The van der Waals surface area contributed by atoms with Crippen LogP contribution in [0.1, 0.15) is 16.7 Å². The Labute approximate surface area is 147 Å². The maximum atomic E-state index is 11.8. The summed E-state index contributed by atoms with van der Waals surface area (Å²) in [6.07, 6.45) is 0.751. The van der Waals surface area contributed by atoms with Crippen LogP contribution in [0, 0.1) is 6.92 Å². The largest absolute Gasteiger partial charge is 0.351 e. The molecule has 2 N–H and O–H groups in total. The second-order valence-electron chi connectivity index (χ2n) is 5.37. The average Bonchev–Trinajstić information content (AvgIpc) is 2.52. The minimum Gasteiger partial charge on any atom is -0.351 e. The Balaban J connectivity index is 1.68. The zero-order chi connectivity index (χ0) is 16.7. The molecule has 0 aliphatic rings. The molecule has 0 aliphatic carbocycles. The van der Waals surface area contributed by atoms with Gasteiger partial charge in [-0.2, -0.15) is 0 Å². The maximum Gasteiger partial charge on any atom is 0.234 e. The van der Waals surface area contributed by atoms with E-state index in [0.717, 1.165) is 17.5 Å². The van der Waals surface area contributed by atoms with Gasteiger partial charge in [0.15, 0.2) is 0 Å². The molecule has 0 fully saturated rings. The topological polar surface area (TPSA) is 41.1 Å². The average molecular weight is 351 g/mol. The molecular weight excluding hydrogens is 331 g/mol. The summed E-state index contributed by atoms with van der Waals surface area (Å²) < 4.78 is 0. The van der Waals surface area contributed by atoms with Crippen LogP contribution >= 0.6 is 23.2 Å². The van der Waals surface area contributed by atoms with Crippen molar-refractivity contribution in [2.45, 2.75) is 19.9 Å². The van der Waals surface area contributed by atoms with E-state index in [2.05, 4.69) is 10.6 Å². The number of halogens is 2. The van der Waals surface area contributed by atoms with Crippen LogP contribution in [0.5, 0.6) is 0 Å². The second kappa shape index (κ2) is 8.92. The van der Waals surface area contributed by atoms with Crippen molar-refractivity contribution in [2.24, 2.45) is 0 Å². The number of carbonyl (C=O) groups is 1. The Hall–Kier alpha value is -1.55. The highest BCUT2D eigenvalue weighted by atomic mass is 35.5. The molecule has 2 rings (SSSR count). The highest BCUT2D eigenvalue weighted by molar-refractivity contribution is 6.35. The molecule has 0 heterocycles. The third-order valence-corrected chi connectivity index (χ3v) is 4.20. The zero-order valence-electron chi connectivity index (χ0n) is 13.0. The molecule has 0 saturated carbocycles. The monoisotopic (exact) mass is 350 g/mol. The van der Waals surface area contributed by atoms with Crippen molar-refractivity contribution in [1.82, 2.24) is 10.6 Å². The van der Waals surface area contributed by atoms with Gasteiger partial charge in [-0.25, -0.2) is 0 Å². The van der Waals surface area contributed by atoms with Crippen LogP contribution < -0.4 is 10.6 Å². The van der Waals surface area contributed by atoms with Gasteiger partial charge in [-0.1, -0.05) is 53.5 Å². The summed E-state index contributed by atoms with van der Waals surface area (Å²) in [5.74, 6) is -0.0181. The van der Waals surface area contributed by atoms with Crippen LogP contribution in [-0.4, -0.2) is 19.0 Å². The van der Waals surface area contributed by atoms with E-state index in [1.165, 1.54) is 5.56 Å². The first-order chi connectivity index (χ1) is 11.1. The number of nitrogens with one attached hydrogen (secondary N) is 2. The van der Waals surface area contributed by atoms with E-state index in [1.807, 2.05) is 43.3 Å². The molecule has 0 unspecified atom stereocenters. The van der Waals surface area contributed by atoms with Gasteiger partial charge in [-0.15, -0.1) is 0 Å². The van der Waals surface area contributed by atoms with Gasteiger partial charge in [0.1, 0.15) is 0 Å². The fourth-order valence-corrected chi connectivity index (χ4v) is 2.72. The van der Waals surface area contributed by atoms with Crippen molar-refractivity contribution in [3.63, 3.8) is 0 Å². The molecule has 0 atom stereocenters. The summed E-state index contributed by atoms with van der Waals surface area (Å²) in [4.78, 5) is 11.8. The van der Waals surface area contributed by atoms with Crippen LogP contribution in [0.3, 0.4) is 0 Å². The fraction of sp³-hybridized carbons (Fsp3) is 0.278. The van der Waals surface area contributed by atoms with E-state index >= 15 is 0 Å². The maximum absolute atomic E-state index is 11.8. The second-order valence-corrected chi connectivity index (χ2v) is 6.21. The Morgan fingerprint density at radius 1 is 1.09 bits per heavy atom. The summed E-state index contributed by atoms with van der Waals surface area (Å²) in [6.45, 7) is 3.56. The van der Waals surface area contributed by atoms with Crippen molar-refractivity contribution in [2.75, 3.05) is 13.1 Å². The van der Waals surface area contributed by atoms with Crippen LogP contribution in [0.25, 0.3) is 0 Å². The van der Waals surface area contributed by atoms with Crippen molar-refractivity contribution < 1.29 is 4.79 Å². The molecule has 0 aliphatic heterocycles. The zero-order valence-corrected chi connectivity index (χ0v) is 14.5. The molecule has 3 nitrogen and oxygen atoms in total. The Kier molecular flexibility index (Phi) is 6.90. The first-order valence-corrected chi connectivity index (χ1v) is 8.27. The first kappa shape index (κ1) is 17.8. The smallest absolute Gasteiger partial charge is 0.234 e. The number of amides is 1. The number of benzene rings is 2.